The Hall–Kier alpha value is -0.910. The van der Waals surface area contributed by atoms with E-state index in [0.717, 1.165) is 36.9 Å². The number of anilines is 1. The summed E-state index contributed by atoms with van der Waals surface area (Å²) in [5.74, 6) is 0.386. The van der Waals surface area contributed by atoms with Gasteiger partial charge in [0, 0.05) is 28.5 Å². The Morgan fingerprint density at radius 1 is 1.40 bits per heavy atom. The van der Waals surface area contributed by atoms with Crippen LogP contribution in [0.2, 0.25) is 0 Å². The Morgan fingerprint density at radius 3 is 2.65 bits per heavy atom. The van der Waals surface area contributed by atoms with Crippen LogP contribution in [0.1, 0.15) is 31.2 Å². The third-order valence-electron chi connectivity index (χ3n) is 3.50. The fraction of sp³-hybridized carbons (Fsp3) is 0.500. The number of carbonyl (C=O) groups is 1. The zero-order valence-electron chi connectivity index (χ0n) is 11.6. The van der Waals surface area contributed by atoms with E-state index in [-0.39, 0.29) is 18.3 Å². The summed E-state index contributed by atoms with van der Waals surface area (Å²) in [4.78, 5) is 12.2. The van der Waals surface area contributed by atoms with Gasteiger partial charge >= 0.3 is 0 Å². The van der Waals surface area contributed by atoms with Crippen molar-refractivity contribution >= 4 is 34.8 Å². The van der Waals surface area contributed by atoms with Crippen molar-refractivity contribution in [2.75, 3.05) is 11.6 Å². The van der Waals surface area contributed by atoms with E-state index in [0.29, 0.717) is 5.75 Å². The number of amides is 1. The largest absolute Gasteiger partial charge is 0.324 e. The van der Waals surface area contributed by atoms with Crippen molar-refractivity contribution in [2.24, 2.45) is 5.73 Å². The number of benzene rings is 1. The lowest BCUT2D eigenvalue weighted by Gasteiger charge is -2.22. The molecular weight excluding hydrogens is 296 g/mol. The molecule has 1 aliphatic rings. The lowest BCUT2D eigenvalue weighted by atomic mass is 9.98. The van der Waals surface area contributed by atoms with E-state index in [9.17, 15) is 9.00 Å². The maximum Gasteiger partial charge on any atom is 0.244 e. The van der Waals surface area contributed by atoms with Crippen LogP contribution in [0.4, 0.5) is 5.69 Å². The summed E-state index contributed by atoms with van der Waals surface area (Å²) in [6, 6.07) is 7.45. The van der Waals surface area contributed by atoms with E-state index >= 15 is 0 Å². The average Bonchev–Trinajstić information content (AvgIpc) is 2.77. The number of rotatable bonds is 4. The first kappa shape index (κ1) is 17.1. The summed E-state index contributed by atoms with van der Waals surface area (Å²) < 4.78 is 11.2. The summed E-state index contributed by atoms with van der Waals surface area (Å²) in [5.41, 5.74) is 7.07. The van der Waals surface area contributed by atoms with Gasteiger partial charge in [0.2, 0.25) is 5.91 Å². The molecular formula is C14H21ClN2O2S. The zero-order chi connectivity index (χ0) is 13.9. The predicted octanol–water partition coefficient (Wildman–Crippen LogP) is 2.20. The minimum Gasteiger partial charge on any atom is -0.324 e. The quantitative estimate of drug-likeness (QED) is 0.894. The average molecular weight is 317 g/mol. The van der Waals surface area contributed by atoms with Crippen LogP contribution in [0.3, 0.4) is 0 Å². The highest BCUT2D eigenvalue weighted by Gasteiger charge is 2.36. The number of hydrogen-bond donors (Lipinski definition) is 2. The normalized spacial score (nSPS) is 18.1. The molecule has 3 N–H and O–H groups in total. The maximum absolute atomic E-state index is 12.2. The molecule has 0 spiro atoms. The molecule has 0 saturated heterocycles. The predicted molar refractivity (Wildman–Crippen MR) is 85.5 cm³/mol. The summed E-state index contributed by atoms with van der Waals surface area (Å²) in [6.07, 6.45) is 5.19. The van der Waals surface area contributed by atoms with Crippen molar-refractivity contribution in [1.82, 2.24) is 0 Å². The SMILES string of the molecule is CS(=O)Cc1cccc(NC(=O)C2(N)CCCC2)c1.Cl. The van der Waals surface area contributed by atoms with Gasteiger partial charge in [0.05, 0.1) is 5.54 Å². The number of nitrogens with two attached hydrogens (primary N) is 1. The van der Waals surface area contributed by atoms with Crippen molar-refractivity contribution in [1.29, 1.82) is 0 Å². The van der Waals surface area contributed by atoms with Gasteiger partial charge in [-0.3, -0.25) is 9.00 Å². The minimum atomic E-state index is -0.885. The van der Waals surface area contributed by atoms with Gasteiger partial charge in [-0.15, -0.1) is 12.4 Å². The van der Waals surface area contributed by atoms with Crippen molar-refractivity contribution in [3.63, 3.8) is 0 Å². The van der Waals surface area contributed by atoms with E-state index in [2.05, 4.69) is 5.32 Å². The Bertz CT molecular complexity index is 502. The summed E-state index contributed by atoms with van der Waals surface area (Å²) in [6.45, 7) is 0. The van der Waals surface area contributed by atoms with Gasteiger partial charge in [-0.2, -0.15) is 0 Å². The third kappa shape index (κ3) is 4.30. The molecule has 112 valence electrons. The van der Waals surface area contributed by atoms with Crippen LogP contribution in [0.25, 0.3) is 0 Å². The van der Waals surface area contributed by atoms with Gasteiger partial charge in [-0.1, -0.05) is 25.0 Å². The lowest BCUT2D eigenvalue weighted by Crippen LogP contribution is -2.48. The molecule has 1 aliphatic carbocycles. The molecule has 1 fully saturated rings. The highest BCUT2D eigenvalue weighted by atomic mass is 35.5. The molecule has 0 radical (unpaired) electrons. The molecule has 1 amide bonds. The van der Waals surface area contributed by atoms with Crippen LogP contribution in [0.5, 0.6) is 0 Å². The molecule has 1 saturated carbocycles. The van der Waals surface area contributed by atoms with E-state index < -0.39 is 16.3 Å². The number of halogens is 1. The Labute approximate surface area is 128 Å². The molecule has 20 heavy (non-hydrogen) atoms. The summed E-state index contributed by atoms with van der Waals surface area (Å²) in [5, 5.41) is 2.88. The molecule has 1 aromatic rings. The van der Waals surface area contributed by atoms with Crippen LogP contribution < -0.4 is 11.1 Å². The van der Waals surface area contributed by atoms with Crippen LogP contribution in [0.15, 0.2) is 24.3 Å². The first-order valence-corrected chi connectivity index (χ1v) is 8.22. The van der Waals surface area contributed by atoms with E-state index in [1.807, 2.05) is 24.3 Å². The smallest absolute Gasteiger partial charge is 0.244 e. The fourth-order valence-corrected chi connectivity index (χ4v) is 3.11. The number of nitrogens with one attached hydrogen (secondary N) is 1. The summed E-state index contributed by atoms with van der Waals surface area (Å²) >= 11 is 0. The molecule has 0 heterocycles. The first-order valence-electron chi connectivity index (χ1n) is 6.49. The highest BCUT2D eigenvalue weighted by Crippen LogP contribution is 2.28. The van der Waals surface area contributed by atoms with Gasteiger partial charge in [0.25, 0.3) is 0 Å². The first-order chi connectivity index (χ1) is 8.99. The third-order valence-corrected chi connectivity index (χ3v) is 4.24. The van der Waals surface area contributed by atoms with Crippen molar-refractivity contribution < 1.29 is 9.00 Å². The Morgan fingerprint density at radius 2 is 2.05 bits per heavy atom. The second kappa shape index (κ2) is 7.20. The monoisotopic (exact) mass is 316 g/mol. The standard InChI is InChI=1S/C14H20N2O2S.ClH/c1-19(18)10-11-5-4-6-12(9-11)16-13(17)14(15)7-2-3-8-14;/h4-6,9H,2-3,7-8,10,15H2,1H3,(H,16,17);1H. The second-order valence-corrected chi connectivity index (χ2v) is 6.67. The van der Waals surface area contributed by atoms with Crippen LogP contribution >= 0.6 is 12.4 Å². The van der Waals surface area contributed by atoms with Crippen molar-refractivity contribution in [3.05, 3.63) is 29.8 Å². The van der Waals surface area contributed by atoms with Gasteiger partial charge < -0.3 is 11.1 Å². The second-order valence-electron chi connectivity index (χ2n) is 5.24. The summed E-state index contributed by atoms with van der Waals surface area (Å²) in [7, 11) is -0.885. The number of carbonyl (C=O) groups excluding carboxylic acids is 1. The van der Waals surface area contributed by atoms with E-state index in [1.165, 1.54) is 0 Å². The molecule has 0 aromatic heterocycles. The topological polar surface area (TPSA) is 72.2 Å². The molecule has 0 bridgehead atoms. The highest BCUT2D eigenvalue weighted by molar-refractivity contribution is 7.83. The van der Waals surface area contributed by atoms with E-state index in [1.54, 1.807) is 6.26 Å². The molecule has 0 aliphatic heterocycles. The molecule has 1 unspecified atom stereocenters. The molecule has 1 aromatic carbocycles. The van der Waals surface area contributed by atoms with Crippen molar-refractivity contribution in [3.8, 4) is 0 Å². The van der Waals surface area contributed by atoms with Crippen LogP contribution in [-0.2, 0) is 21.3 Å². The minimum absolute atomic E-state index is 0. The van der Waals surface area contributed by atoms with Crippen molar-refractivity contribution in [2.45, 2.75) is 37.0 Å². The van der Waals surface area contributed by atoms with E-state index in [4.69, 9.17) is 5.73 Å². The van der Waals surface area contributed by atoms with Crippen LogP contribution in [-0.4, -0.2) is 21.9 Å². The zero-order valence-corrected chi connectivity index (χ0v) is 13.2. The molecule has 6 heteroatoms. The molecule has 2 rings (SSSR count). The Balaban J connectivity index is 0.00000200. The number of hydrogen-bond acceptors (Lipinski definition) is 3. The van der Waals surface area contributed by atoms with Crippen LogP contribution in [0, 0.1) is 0 Å². The molecule has 4 nitrogen and oxygen atoms in total. The van der Waals surface area contributed by atoms with Gasteiger partial charge in [-0.25, -0.2) is 0 Å². The maximum atomic E-state index is 12.2. The lowest BCUT2D eigenvalue weighted by molar-refractivity contribution is -0.121. The molecule has 1 atom stereocenters. The fourth-order valence-electron chi connectivity index (χ4n) is 2.46. The Kier molecular flexibility index (Phi) is 6.17. The van der Waals surface area contributed by atoms with Gasteiger partial charge in [0.15, 0.2) is 0 Å². The van der Waals surface area contributed by atoms with Gasteiger partial charge in [0.1, 0.15) is 0 Å². The van der Waals surface area contributed by atoms with Gasteiger partial charge in [-0.05, 0) is 30.5 Å².